The Kier molecular flexibility index (Phi) is 10.3. The normalized spacial score (nSPS) is 26.6. The average molecular weight is 691 g/mol. The number of anilines is 1. The number of hydrogen-bond acceptors (Lipinski definition) is 6. The zero-order valence-electron chi connectivity index (χ0n) is 30.3. The van der Waals surface area contributed by atoms with Gasteiger partial charge in [-0.2, -0.15) is 0 Å². The third kappa shape index (κ3) is 7.78. The number of likely N-dealkylation sites (N-methyl/N-ethyl adjacent to an activating group) is 1. The molecule has 4 atom stereocenters. The van der Waals surface area contributed by atoms with Crippen LogP contribution in [0.4, 0.5) is 5.82 Å². The lowest BCUT2D eigenvalue weighted by Crippen LogP contribution is -2.54. The highest BCUT2D eigenvalue weighted by molar-refractivity contribution is 6.30. The molecule has 9 nitrogen and oxygen atoms in total. The first-order valence-electron chi connectivity index (χ1n) is 18.2. The van der Waals surface area contributed by atoms with E-state index in [9.17, 15) is 9.59 Å². The van der Waals surface area contributed by atoms with Crippen molar-refractivity contribution >= 4 is 35.1 Å². The fourth-order valence-corrected chi connectivity index (χ4v) is 8.58. The lowest BCUT2D eigenvalue weighted by Gasteiger charge is -2.45. The Morgan fingerprint density at radius 1 is 0.878 bits per heavy atom. The van der Waals surface area contributed by atoms with Crippen LogP contribution in [0.5, 0.6) is 0 Å². The summed E-state index contributed by atoms with van der Waals surface area (Å²) in [6.45, 7) is 15.0. The predicted octanol–water partition coefficient (Wildman–Crippen LogP) is 5.54. The molecule has 2 aromatic rings. The van der Waals surface area contributed by atoms with Gasteiger partial charge in [0.1, 0.15) is 11.9 Å². The van der Waals surface area contributed by atoms with Gasteiger partial charge in [0, 0.05) is 74.4 Å². The molecule has 1 aliphatic carbocycles. The topological polar surface area (TPSA) is 80.3 Å². The van der Waals surface area contributed by atoms with Crippen molar-refractivity contribution in [3.8, 4) is 0 Å². The number of carbonyl (C=O) groups is 3. The molecule has 1 aromatic carbocycles. The maximum Gasteiger partial charge on any atom is 0.245 e. The highest BCUT2D eigenvalue weighted by Gasteiger charge is 2.51. The van der Waals surface area contributed by atoms with E-state index in [4.69, 9.17) is 11.6 Å². The summed E-state index contributed by atoms with van der Waals surface area (Å²) >= 11 is 6.29. The highest BCUT2D eigenvalue weighted by Crippen LogP contribution is 2.42. The van der Waals surface area contributed by atoms with Gasteiger partial charge in [-0.25, -0.2) is 4.98 Å². The molecule has 4 aliphatic rings. The highest BCUT2D eigenvalue weighted by atomic mass is 35.5. The van der Waals surface area contributed by atoms with Gasteiger partial charge in [-0.1, -0.05) is 64.4 Å². The molecule has 49 heavy (non-hydrogen) atoms. The van der Waals surface area contributed by atoms with E-state index >= 15 is 4.79 Å². The average Bonchev–Trinajstić information content (AvgIpc) is 3.72. The zero-order valence-corrected chi connectivity index (χ0v) is 31.0. The number of rotatable bonds is 6. The van der Waals surface area contributed by atoms with Gasteiger partial charge in [-0.15, -0.1) is 0 Å². The number of piperazine rings is 1. The van der Waals surface area contributed by atoms with Gasteiger partial charge in [-0.05, 0) is 74.4 Å². The lowest BCUT2D eigenvalue weighted by atomic mass is 9.74. The summed E-state index contributed by atoms with van der Waals surface area (Å²) in [7, 11) is 2.08. The molecular weight excluding hydrogens is 636 g/mol. The van der Waals surface area contributed by atoms with Crippen molar-refractivity contribution in [1.82, 2.24) is 24.6 Å². The molecule has 1 aromatic heterocycles. The van der Waals surface area contributed by atoms with Gasteiger partial charge in [0.05, 0.1) is 12.0 Å². The second-order valence-electron chi connectivity index (χ2n) is 16.7. The van der Waals surface area contributed by atoms with Gasteiger partial charge in [0.25, 0.3) is 0 Å². The molecule has 10 heteroatoms. The molecule has 0 spiro atoms. The minimum absolute atomic E-state index is 0.0127. The summed E-state index contributed by atoms with van der Waals surface area (Å²) in [5.41, 5.74) is 0.729. The predicted molar refractivity (Wildman–Crippen MR) is 194 cm³/mol. The van der Waals surface area contributed by atoms with E-state index in [-0.39, 0.29) is 47.1 Å². The number of halogens is 1. The van der Waals surface area contributed by atoms with Crippen LogP contribution in [0, 0.1) is 16.7 Å². The molecular formula is C39H55ClN6O3. The third-order valence-electron chi connectivity index (χ3n) is 11.5. The van der Waals surface area contributed by atoms with Crippen molar-refractivity contribution in [1.29, 1.82) is 0 Å². The van der Waals surface area contributed by atoms with Crippen LogP contribution in [0.15, 0.2) is 48.7 Å². The van der Waals surface area contributed by atoms with Crippen LogP contribution >= 0.6 is 11.6 Å². The smallest absolute Gasteiger partial charge is 0.245 e. The summed E-state index contributed by atoms with van der Waals surface area (Å²) in [4.78, 5) is 58.9. The lowest BCUT2D eigenvalue weighted by molar-refractivity contribution is -0.147. The van der Waals surface area contributed by atoms with Crippen molar-refractivity contribution in [2.75, 3.05) is 57.8 Å². The first-order valence-corrected chi connectivity index (χ1v) is 18.6. The number of nitrogens with zero attached hydrogens (tertiary/aromatic N) is 6. The maximum absolute atomic E-state index is 15.1. The van der Waals surface area contributed by atoms with Crippen LogP contribution in [0.1, 0.15) is 78.2 Å². The van der Waals surface area contributed by atoms with E-state index in [1.165, 1.54) is 0 Å². The van der Waals surface area contributed by atoms with Crippen molar-refractivity contribution in [2.24, 2.45) is 16.7 Å². The van der Waals surface area contributed by atoms with Crippen LogP contribution in [-0.4, -0.2) is 113 Å². The van der Waals surface area contributed by atoms with Gasteiger partial charge < -0.3 is 24.5 Å². The molecule has 3 aliphatic heterocycles. The molecule has 4 heterocycles. The first kappa shape index (κ1) is 35.6. The van der Waals surface area contributed by atoms with Gasteiger partial charge in [0.2, 0.25) is 17.7 Å². The summed E-state index contributed by atoms with van der Waals surface area (Å²) in [6.07, 6.45) is 6.25. The molecule has 0 N–H and O–H groups in total. The molecule has 266 valence electrons. The van der Waals surface area contributed by atoms with E-state index < -0.39 is 11.5 Å². The third-order valence-corrected chi connectivity index (χ3v) is 11.8. The Morgan fingerprint density at radius 2 is 1.55 bits per heavy atom. The molecule has 3 saturated heterocycles. The fraction of sp³-hybridized carbons (Fsp3) is 0.641. The number of aromatic nitrogens is 1. The summed E-state index contributed by atoms with van der Waals surface area (Å²) in [5, 5.41) is 0.654. The van der Waals surface area contributed by atoms with Crippen LogP contribution in [-0.2, 0) is 14.4 Å². The van der Waals surface area contributed by atoms with Crippen molar-refractivity contribution in [3.63, 3.8) is 0 Å². The minimum atomic E-state index is -0.606. The molecule has 1 saturated carbocycles. The van der Waals surface area contributed by atoms with E-state index in [0.29, 0.717) is 44.2 Å². The number of amides is 3. The summed E-state index contributed by atoms with van der Waals surface area (Å²) in [5.74, 6) is 0.470. The van der Waals surface area contributed by atoms with E-state index in [1.54, 1.807) is 6.20 Å². The summed E-state index contributed by atoms with van der Waals surface area (Å²) < 4.78 is 0. The Hall–Kier alpha value is -3.17. The Bertz CT molecular complexity index is 1480. The molecule has 0 radical (unpaired) electrons. The molecule has 0 unspecified atom stereocenters. The van der Waals surface area contributed by atoms with E-state index in [0.717, 1.165) is 50.2 Å². The zero-order chi connectivity index (χ0) is 35.1. The van der Waals surface area contributed by atoms with Crippen LogP contribution < -0.4 is 4.90 Å². The number of likely N-dealkylation sites (tertiary alicyclic amines) is 1. The standard InChI is InChI=1S/C39H55ClN6O3/c1-38(2,3)37(49)46(29-14-16-39(4,5)17-15-29)30-23-33(36(48)43-21-19-42(6)20-22-43)45(24-30)35(47)32-26-44(34-9-7-8-18-41-34)25-31(32)27-10-12-28(40)13-11-27/h7-13,18,29-33H,14-17,19-26H2,1-6H3/t30-,31-,32+,33+/m0/s1. The number of hydrogen-bond donors (Lipinski definition) is 0. The first-order chi connectivity index (χ1) is 23.2. The van der Waals surface area contributed by atoms with Crippen molar-refractivity contribution in [2.45, 2.75) is 90.8 Å². The van der Waals surface area contributed by atoms with Crippen LogP contribution in [0.3, 0.4) is 0 Å². The Morgan fingerprint density at radius 3 is 2.16 bits per heavy atom. The SMILES string of the molecule is CN1CCN(C(=O)[C@H]2C[C@H](N(C(=O)C(C)(C)C)C3CCC(C)(C)CC3)CN2C(=O)[C@@H]2CN(c3ccccn3)C[C@H]2c2ccc(Cl)cc2)CC1. The molecule has 0 bridgehead atoms. The van der Waals surface area contributed by atoms with Gasteiger partial charge in [-0.3, -0.25) is 14.4 Å². The number of pyridine rings is 1. The number of benzene rings is 1. The van der Waals surface area contributed by atoms with Crippen molar-refractivity contribution < 1.29 is 14.4 Å². The van der Waals surface area contributed by atoms with Crippen LogP contribution in [0.25, 0.3) is 0 Å². The molecule has 6 rings (SSSR count). The molecule has 3 amide bonds. The Labute approximate surface area is 297 Å². The van der Waals surface area contributed by atoms with Crippen molar-refractivity contribution in [3.05, 3.63) is 59.2 Å². The Balaban J connectivity index is 1.34. The maximum atomic E-state index is 15.1. The van der Waals surface area contributed by atoms with E-state index in [2.05, 4.69) is 40.6 Å². The van der Waals surface area contributed by atoms with Gasteiger partial charge >= 0.3 is 0 Å². The van der Waals surface area contributed by atoms with Crippen LogP contribution in [0.2, 0.25) is 5.02 Å². The monoisotopic (exact) mass is 690 g/mol. The second kappa shape index (κ2) is 14.2. The summed E-state index contributed by atoms with van der Waals surface area (Å²) in [6, 6.07) is 12.9. The quantitative estimate of drug-likeness (QED) is 0.396. The second-order valence-corrected chi connectivity index (χ2v) is 17.2. The largest absolute Gasteiger partial charge is 0.355 e. The fourth-order valence-electron chi connectivity index (χ4n) is 8.45. The van der Waals surface area contributed by atoms with E-state index in [1.807, 2.05) is 73.0 Å². The molecule has 4 fully saturated rings. The number of carbonyl (C=O) groups excluding carboxylic acids is 3. The van der Waals surface area contributed by atoms with Gasteiger partial charge in [0.15, 0.2) is 0 Å². The minimum Gasteiger partial charge on any atom is -0.355 e.